The van der Waals surface area contributed by atoms with E-state index in [0.717, 1.165) is 22.4 Å². The average Bonchev–Trinajstić information content (AvgIpc) is 3.13. The number of carbonyl (C=O) groups excluding carboxylic acids is 1. The van der Waals surface area contributed by atoms with Gasteiger partial charge >= 0.3 is 0 Å². The van der Waals surface area contributed by atoms with E-state index in [2.05, 4.69) is 15.5 Å². The summed E-state index contributed by atoms with van der Waals surface area (Å²) in [5, 5.41) is 11.3. The number of fused-ring (bicyclic) bond motifs is 3. The lowest BCUT2D eigenvalue weighted by atomic mass is 10.3. The molecule has 1 amide bonds. The number of nitrogens with zero attached hydrogens (tertiary/aromatic N) is 3. The minimum absolute atomic E-state index is 0.0443. The molecule has 132 valence electrons. The molecule has 0 saturated carbocycles. The largest absolute Gasteiger partial charge is 0.460 e. The van der Waals surface area contributed by atoms with Crippen LogP contribution in [0.3, 0.4) is 0 Å². The first kappa shape index (κ1) is 16.9. The van der Waals surface area contributed by atoms with Crippen molar-refractivity contribution >= 4 is 51.6 Å². The van der Waals surface area contributed by atoms with Crippen LogP contribution in [-0.2, 0) is 4.79 Å². The molecule has 0 unspecified atom stereocenters. The Kier molecular flexibility index (Phi) is 4.29. The second-order valence-corrected chi connectivity index (χ2v) is 6.98. The van der Waals surface area contributed by atoms with Gasteiger partial charge in [0.25, 0.3) is 0 Å². The van der Waals surface area contributed by atoms with Crippen LogP contribution in [0.15, 0.2) is 46.1 Å². The summed E-state index contributed by atoms with van der Waals surface area (Å²) in [5.74, 6) is 0.142. The maximum atomic E-state index is 13.2. The third-order valence-corrected chi connectivity index (χ3v) is 4.99. The summed E-state index contributed by atoms with van der Waals surface area (Å²) in [7, 11) is 0. The van der Waals surface area contributed by atoms with Gasteiger partial charge < -0.3 is 9.73 Å². The molecule has 0 saturated heterocycles. The molecule has 3 aromatic heterocycles. The number of amides is 1. The number of aryl methyl sites for hydroxylation is 1. The number of rotatable bonds is 4. The Bertz CT molecular complexity index is 1140. The van der Waals surface area contributed by atoms with Crippen LogP contribution in [0.2, 0.25) is 5.02 Å². The molecule has 3 heterocycles. The quantitative estimate of drug-likeness (QED) is 0.526. The highest BCUT2D eigenvalue weighted by molar-refractivity contribution is 8.00. The highest BCUT2D eigenvalue weighted by Crippen LogP contribution is 2.28. The number of thioether (sulfide) groups is 1. The molecule has 1 aromatic carbocycles. The van der Waals surface area contributed by atoms with Gasteiger partial charge in [0.15, 0.2) is 5.58 Å². The lowest BCUT2D eigenvalue weighted by Gasteiger charge is -2.06. The second-order valence-electron chi connectivity index (χ2n) is 5.61. The van der Waals surface area contributed by atoms with Gasteiger partial charge in [-0.15, -0.1) is 10.2 Å². The molecule has 0 spiro atoms. The first-order chi connectivity index (χ1) is 12.5. The lowest BCUT2D eigenvalue weighted by molar-refractivity contribution is -0.113. The summed E-state index contributed by atoms with van der Waals surface area (Å²) < 4.78 is 20.7. The summed E-state index contributed by atoms with van der Waals surface area (Å²) in [6.07, 6.45) is 1.61. The minimum Gasteiger partial charge on any atom is -0.460 e. The summed E-state index contributed by atoms with van der Waals surface area (Å²) in [6, 6.07) is 7.81. The summed E-state index contributed by atoms with van der Waals surface area (Å²) in [5.41, 5.74) is 2.89. The van der Waals surface area contributed by atoms with E-state index in [-0.39, 0.29) is 16.7 Å². The first-order valence-corrected chi connectivity index (χ1v) is 8.98. The molecule has 0 fully saturated rings. The third kappa shape index (κ3) is 3.13. The molecule has 0 aliphatic heterocycles. The Morgan fingerprint density at radius 3 is 3.00 bits per heavy atom. The van der Waals surface area contributed by atoms with Crippen molar-refractivity contribution in [1.29, 1.82) is 0 Å². The fourth-order valence-corrected chi connectivity index (χ4v) is 3.54. The number of benzene rings is 1. The van der Waals surface area contributed by atoms with Crippen molar-refractivity contribution in [2.75, 3.05) is 11.1 Å². The molecule has 4 aromatic rings. The van der Waals surface area contributed by atoms with Crippen molar-refractivity contribution in [3.05, 3.63) is 53.3 Å². The predicted molar refractivity (Wildman–Crippen MR) is 98.3 cm³/mol. The van der Waals surface area contributed by atoms with Crippen molar-refractivity contribution in [1.82, 2.24) is 14.6 Å². The van der Waals surface area contributed by atoms with Gasteiger partial charge in [-0.2, -0.15) is 0 Å². The third-order valence-electron chi connectivity index (χ3n) is 3.73. The van der Waals surface area contributed by atoms with Gasteiger partial charge in [-0.1, -0.05) is 23.4 Å². The number of hydrogen-bond acceptors (Lipinski definition) is 5. The van der Waals surface area contributed by atoms with Gasteiger partial charge in [-0.3, -0.25) is 9.20 Å². The van der Waals surface area contributed by atoms with Crippen LogP contribution in [0.4, 0.5) is 10.1 Å². The number of aromatic nitrogens is 3. The van der Waals surface area contributed by atoms with Crippen LogP contribution in [0.25, 0.3) is 16.6 Å². The highest BCUT2D eigenvalue weighted by Gasteiger charge is 2.14. The first-order valence-electron chi connectivity index (χ1n) is 7.62. The van der Waals surface area contributed by atoms with Crippen LogP contribution in [-0.4, -0.2) is 26.3 Å². The second kappa shape index (κ2) is 6.62. The van der Waals surface area contributed by atoms with Gasteiger partial charge in [0.1, 0.15) is 22.9 Å². The summed E-state index contributed by atoms with van der Waals surface area (Å²) in [4.78, 5) is 12.1. The zero-order valence-electron chi connectivity index (χ0n) is 13.5. The molecule has 6 nitrogen and oxygen atoms in total. The smallest absolute Gasteiger partial charge is 0.234 e. The molecule has 0 aliphatic rings. The van der Waals surface area contributed by atoms with Crippen LogP contribution in [0, 0.1) is 12.7 Å². The molecule has 0 aliphatic carbocycles. The van der Waals surface area contributed by atoms with Gasteiger partial charge in [0, 0.05) is 17.8 Å². The molecule has 0 atom stereocenters. The fourth-order valence-electron chi connectivity index (χ4n) is 2.61. The standard InChI is InChI=1S/C17H12ClFN4O2S/c1-9-4-13-15(25-9)6-14-17(22-20-8-23(13)14)26-7-16(24)21-10-2-3-12(19)11(18)5-10/h2-6,8H,7H2,1H3,(H,21,24). The van der Waals surface area contributed by atoms with Gasteiger partial charge in [-0.25, -0.2) is 4.39 Å². The Balaban J connectivity index is 1.51. The Hall–Kier alpha value is -2.58. The van der Waals surface area contributed by atoms with Crippen molar-refractivity contribution in [3.8, 4) is 0 Å². The SMILES string of the molecule is Cc1cc2c(cc3c(SCC(=O)Nc4ccc(F)c(Cl)c4)nncn32)o1. The number of furan rings is 1. The number of nitrogens with one attached hydrogen (secondary N) is 1. The van der Waals surface area contributed by atoms with E-state index in [1.165, 1.54) is 30.0 Å². The van der Waals surface area contributed by atoms with E-state index in [4.69, 9.17) is 16.0 Å². The Labute approximate surface area is 156 Å². The van der Waals surface area contributed by atoms with E-state index in [1.807, 2.05) is 23.5 Å². The van der Waals surface area contributed by atoms with Gasteiger partial charge in [0.2, 0.25) is 5.91 Å². The van der Waals surface area contributed by atoms with Gasteiger partial charge in [0.05, 0.1) is 21.8 Å². The minimum atomic E-state index is -0.534. The van der Waals surface area contributed by atoms with E-state index in [0.29, 0.717) is 10.7 Å². The fraction of sp³-hybridized carbons (Fsp3) is 0.118. The van der Waals surface area contributed by atoms with Crippen molar-refractivity contribution in [3.63, 3.8) is 0 Å². The summed E-state index contributed by atoms with van der Waals surface area (Å²) in [6.45, 7) is 1.88. The Morgan fingerprint density at radius 2 is 2.19 bits per heavy atom. The number of anilines is 1. The molecule has 0 radical (unpaired) electrons. The number of hydrogen-bond donors (Lipinski definition) is 1. The van der Waals surface area contributed by atoms with Crippen LogP contribution >= 0.6 is 23.4 Å². The van der Waals surface area contributed by atoms with Crippen LogP contribution in [0.1, 0.15) is 5.76 Å². The molecule has 1 N–H and O–H groups in total. The predicted octanol–water partition coefficient (Wildman–Crippen LogP) is 4.31. The number of halogens is 2. The molecule has 26 heavy (non-hydrogen) atoms. The zero-order chi connectivity index (χ0) is 18.3. The van der Waals surface area contributed by atoms with Crippen molar-refractivity contribution < 1.29 is 13.6 Å². The maximum Gasteiger partial charge on any atom is 0.234 e. The molecule has 4 rings (SSSR count). The number of carbonyl (C=O) groups is 1. The van der Waals surface area contributed by atoms with Crippen molar-refractivity contribution in [2.45, 2.75) is 11.9 Å². The van der Waals surface area contributed by atoms with E-state index in [9.17, 15) is 9.18 Å². The van der Waals surface area contributed by atoms with Crippen LogP contribution in [0.5, 0.6) is 0 Å². The van der Waals surface area contributed by atoms with E-state index in [1.54, 1.807) is 6.33 Å². The van der Waals surface area contributed by atoms with Gasteiger partial charge in [-0.05, 0) is 25.1 Å². The highest BCUT2D eigenvalue weighted by atomic mass is 35.5. The van der Waals surface area contributed by atoms with E-state index >= 15 is 0 Å². The molecule has 9 heteroatoms. The topological polar surface area (TPSA) is 72.4 Å². The lowest BCUT2D eigenvalue weighted by Crippen LogP contribution is -2.14. The normalized spacial score (nSPS) is 11.3. The molecule has 0 bridgehead atoms. The zero-order valence-corrected chi connectivity index (χ0v) is 15.1. The monoisotopic (exact) mass is 390 g/mol. The Morgan fingerprint density at radius 1 is 1.35 bits per heavy atom. The average molecular weight is 391 g/mol. The van der Waals surface area contributed by atoms with E-state index < -0.39 is 5.82 Å². The van der Waals surface area contributed by atoms with Crippen LogP contribution < -0.4 is 5.32 Å². The molecular formula is C17H12ClFN4O2S. The maximum absolute atomic E-state index is 13.2. The summed E-state index contributed by atoms with van der Waals surface area (Å²) >= 11 is 6.97. The van der Waals surface area contributed by atoms with Crippen molar-refractivity contribution in [2.24, 2.45) is 0 Å². The molecular weight excluding hydrogens is 379 g/mol.